The number of ketones is 1. The highest BCUT2D eigenvalue weighted by Gasteiger charge is 2.21. The summed E-state index contributed by atoms with van der Waals surface area (Å²) in [5.74, 6) is -1.42. The summed E-state index contributed by atoms with van der Waals surface area (Å²) in [6, 6.07) is 2.44. The quantitative estimate of drug-likeness (QED) is 0.630. The maximum Gasteiger partial charge on any atom is 0.342 e. The molecule has 2 atom stereocenters. The maximum absolute atomic E-state index is 12.3. The minimum absolute atomic E-state index is 0.00964. The molecule has 6 heteroatoms. The van der Waals surface area contributed by atoms with Gasteiger partial charge in [0, 0.05) is 12.5 Å². The van der Waals surface area contributed by atoms with Gasteiger partial charge < -0.3 is 20.1 Å². The number of carbonyl (C=O) groups excluding carboxylic acids is 2. The Morgan fingerprint density at radius 2 is 1.92 bits per heavy atom. The number of hydrogen-bond donors (Lipinski definition) is 3. The molecule has 0 amide bonds. The number of rotatable bonds is 0. The average Bonchev–Trinajstić information content (AvgIpc) is 2.49. The zero-order valence-electron chi connectivity index (χ0n) is 13.6. The Labute approximate surface area is 140 Å². The van der Waals surface area contributed by atoms with Gasteiger partial charge in [-0.25, -0.2) is 4.79 Å². The molecule has 0 aromatic heterocycles. The van der Waals surface area contributed by atoms with Gasteiger partial charge in [0.25, 0.3) is 0 Å². The fourth-order valence-electron chi connectivity index (χ4n) is 2.64. The molecular formula is C18H22O6. The molecule has 0 saturated carbocycles. The molecule has 1 aliphatic rings. The van der Waals surface area contributed by atoms with E-state index in [1.807, 2.05) is 0 Å². The summed E-state index contributed by atoms with van der Waals surface area (Å²) in [6.07, 6.45) is 3.73. The zero-order valence-corrected chi connectivity index (χ0v) is 13.6. The van der Waals surface area contributed by atoms with E-state index in [1.165, 1.54) is 6.07 Å². The first kappa shape index (κ1) is 18.0. The second kappa shape index (κ2) is 7.97. The maximum atomic E-state index is 12.3. The van der Waals surface area contributed by atoms with Gasteiger partial charge in [0.2, 0.25) is 0 Å². The van der Waals surface area contributed by atoms with Gasteiger partial charge in [0.15, 0.2) is 5.78 Å². The van der Waals surface area contributed by atoms with Crippen LogP contribution in [0.4, 0.5) is 0 Å². The van der Waals surface area contributed by atoms with Crippen molar-refractivity contribution in [3.8, 4) is 11.5 Å². The van der Waals surface area contributed by atoms with Crippen molar-refractivity contribution >= 4 is 17.8 Å². The molecule has 130 valence electrons. The number of ether oxygens (including phenoxy) is 1. The third-order valence-electron chi connectivity index (χ3n) is 3.95. The first-order valence-corrected chi connectivity index (χ1v) is 8.02. The van der Waals surface area contributed by atoms with Crippen LogP contribution in [0.25, 0.3) is 6.08 Å². The minimum atomic E-state index is -1.01. The van der Waals surface area contributed by atoms with Gasteiger partial charge in [0.05, 0.1) is 6.10 Å². The molecule has 24 heavy (non-hydrogen) atoms. The molecule has 1 heterocycles. The highest BCUT2D eigenvalue weighted by atomic mass is 16.5. The lowest BCUT2D eigenvalue weighted by atomic mass is 10.0. The van der Waals surface area contributed by atoms with E-state index in [1.54, 1.807) is 19.1 Å². The Kier molecular flexibility index (Phi) is 5.98. The second-order valence-electron chi connectivity index (χ2n) is 6.00. The molecular weight excluding hydrogens is 312 g/mol. The van der Waals surface area contributed by atoms with E-state index < -0.39 is 18.2 Å². The molecule has 1 aliphatic heterocycles. The average molecular weight is 334 g/mol. The summed E-state index contributed by atoms with van der Waals surface area (Å²) in [6.45, 7) is 1.71. The van der Waals surface area contributed by atoms with Crippen LogP contribution in [0.3, 0.4) is 0 Å². The summed E-state index contributed by atoms with van der Waals surface area (Å²) in [5, 5.41) is 29.5. The van der Waals surface area contributed by atoms with Gasteiger partial charge in [-0.15, -0.1) is 0 Å². The SMILES string of the molecule is C[C@H]1CCCC(=O)[C@H](O)CC/C=C/c2cc(O)cc(O)c2C(=O)O1. The summed E-state index contributed by atoms with van der Waals surface area (Å²) < 4.78 is 5.32. The van der Waals surface area contributed by atoms with Crippen molar-refractivity contribution in [1.29, 1.82) is 0 Å². The van der Waals surface area contributed by atoms with Crippen LogP contribution in [0.2, 0.25) is 0 Å². The lowest BCUT2D eigenvalue weighted by Gasteiger charge is -2.16. The molecule has 0 bridgehead atoms. The Morgan fingerprint density at radius 1 is 1.17 bits per heavy atom. The molecule has 3 N–H and O–H groups in total. The molecule has 0 radical (unpaired) electrons. The van der Waals surface area contributed by atoms with Crippen LogP contribution in [0.1, 0.15) is 54.9 Å². The van der Waals surface area contributed by atoms with Crippen molar-refractivity contribution in [2.45, 2.75) is 51.2 Å². The van der Waals surface area contributed by atoms with Gasteiger partial charge in [0.1, 0.15) is 23.2 Å². The summed E-state index contributed by atoms with van der Waals surface area (Å²) in [4.78, 5) is 24.1. The first-order valence-electron chi connectivity index (χ1n) is 8.02. The van der Waals surface area contributed by atoms with Gasteiger partial charge >= 0.3 is 5.97 Å². The number of Topliss-reactive ketones (excluding diaryl/α,β-unsaturated/α-hetero) is 1. The Morgan fingerprint density at radius 3 is 2.67 bits per heavy atom. The number of esters is 1. The molecule has 6 nitrogen and oxygen atoms in total. The number of phenolic OH excluding ortho intramolecular Hbond substituents is 2. The van der Waals surface area contributed by atoms with Gasteiger partial charge in [-0.1, -0.05) is 12.2 Å². The van der Waals surface area contributed by atoms with E-state index >= 15 is 0 Å². The smallest absolute Gasteiger partial charge is 0.342 e. The summed E-state index contributed by atoms with van der Waals surface area (Å²) >= 11 is 0. The van der Waals surface area contributed by atoms with Crippen molar-refractivity contribution in [2.75, 3.05) is 0 Å². The number of benzene rings is 1. The Bertz CT molecular complexity index is 649. The number of hydrogen-bond acceptors (Lipinski definition) is 6. The number of allylic oxidation sites excluding steroid dienone is 1. The third-order valence-corrected chi connectivity index (χ3v) is 3.95. The van der Waals surface area contributed by atoms with Crippen molar-refractivity contribution in [1.82, 2.24) is 0 Å². The van der Waals surface area contributed by atoms with Crippen molar-refractivity contribution in [2.24, 2.45) is 0 Å². The molecule has 1 aromatic carbocycles. The third kappa shape index (κ3) is 4.58. The molecule has 0 spiro atoms. The molecule has 2 rings (SSSR count). The van der Waals surface area contributed by atoms with Crippen molar-refractivity contribution < 1.29 is 29.6 Å². The highest BCUT2D eigenvalue weighted by Crippen LogP contribution is 2.30. The number of fused-ring (bicyclic) bond motifs is 1. The minimum Gasteiger partial charge on any atom is -0.508 e. The predicted molar refractivity (Wildman–Crippen MR) is 87.8 cm³/mol. The number of carbonyl (C=O) groups is 2. The number of phenols is 2. The monoisotopic (exact) mass is 334 g/mol. The predicted octanol–water partition coefficient (Wildman–Crippen LogP) is 2.55. The Hall–Kier alpha value is -2.34. The zero-order chi connectivity index (χ0) is 17.7. The summed E-state index contributed by atoms with van der Waals surface area (Å²) in [7, 11) is 0. The lowest BCUT2D eigenvalue weighted by molar-refractivity contribution is -0.127. The fraction of sp³-hybridized carbons (Fsp3) is 0.444. The normalized spacial score (nSPS) is 24.6. The van der Waals surface area contributed by atoms with E-state index in [0.717, 1.165) is 6.07 Å². The van der Waals surface area contributed by atoms with Crippen molar-refractivity contribution in [3.05, 3.63) is 29.3 Å². The molecule has 0 unspecified atom stereocenters. The van der Waals surface area contributed by atoms with Gasteiger partial charge in [-0.3, -0.25) is 4.79 Å². The van der Waals surface area contributed by atoms with Gasteiger partial charge in [-0.2, -0.15) is 0 Å². The first-order chi connectivity index (χ1) is 11.4. The van der Waals surface area contributed by atoms with Crippen LogP contribution in [0.15, 0.2) is 18.2 Å². The fourth-order valence-corrected chi connectivity index (χ4v) is 2.64. The van der Waals surface area contributed by atoms with Crippen molar-refractivity contribution in [3.63, 3.8) is 0 Å². The second-order valence-corrected chi connectivity index (χ2v) is 6.00. The van der Waals surface area contributed by atoms with E-state index in [4.69, 9.17) is 4.74 Å². The standard InChI is InChI=1S/C18H22O6/c1-11-5-4-8-15(21)14(20)7-3-2-6-12-9-13(19)10-16(22)17(12)18(23)24-11/h2,6,9-11,14,19-20,22H,3-5,7-8H2,1H3/b6-2+/t11-,14+/m0/s1. The number of aliphatic hydroxyl groups excluding tert-OH is 1. The van der Waals surface area contributed by atoms with Gasteiger partial charge in [-0.05, 0) is 44.2 Å². The van der Waals surface area contributed by atoms with E-state index in [2.05, 4.69) is 0 Å². The number of aromatic hydroxyl groups is 2. The molecule has 0 saturated heterocycles. The topological polar surface area (TPSA) is 104 Å². The van der Waals surface area contributed by atoms with Crippen LogP contribution < -0.4 is 0 Å². The van der Waals surface area contributed by atoms with Crippen LogP contribution in [0, 0.1) is 0 Å². The van der Waals surface area contributed by atoms with E-state index in [0.29, 0.717) is 24.8 Å². The largest absolute Gasteiger partial charge is 0.508 e. The van der Waals surface area contributed by atoms with Crippen LogP contribution in [0.5, 0.6) is 11.5 Å². The van der Waals surface area contributed by atoms with Crippen LogP contribution >= 0.6 is 0 Å². The van der Waals surface area contributed by atoms with Crippen LogP contribution in [-0.2, 0) is 9.53 Å². The Balaban J connectivity index is 2.34. The molecule has 0 aliphatic carbocycles. The lowest BCUT2D eigenvalue weighted by Crippen LogP contribution is -2.21. The number of aliphatic hydroxyl groups is 1. The summed E-state index contributed by atoms with van der Waals surface area (Å²) in [5.41, 5.74) is 0.312. The molecule has 0 fully saturated rings. The van der Waals surface area contributed by atoms with E-state index in [9.17, 15) is 24.9 Å². The number of cyclic esters (lactones) is 1. The van der Waals surface area contributed by atoms with Crippen LogP contribution in [-0.4, -0.2) is 39.3 Å². The van der Waals surface area contributed by atoms with E-state index in [-0.39, 0.29) is 35.7 Å². The molecule has 1 aromatic rings. The highest BCUT2D eigenvalue weighted by molar-refractivity contribution is 5.97.